The zero-order chi connectivity index (χ0) is 18.5. The Morgan fingerprint density at radius 2 is 1.67 bits per heavy atom. The molecule has 0 bridgehead atoms. The van der Waals surface area contributed by atoms with E-state index in [1.54, 1.807) is 27.7 Å². The van der Waals surface area contributed by atoms with Gasteiger partial charge < -0.3 is 10.1 Å². The van der Waals surface area contributed by atoms with Gasteiger partial charge in [0.15, 0.2) is 0 Å². The number of ether oxygens (including phenoxy) is 1. The van der Waals surface area contributed by atoms with Gasteiger partial charge in [0.05, 0.1) is 6.42 Å². The zero-order valence-electron chi connectivity index (χ0n) is 15.5. The molecule has 0 heterocycles. The number of amides is 2. The number of aryl methyl sites for hydroxylation is 3. The van der Waals surface area contributed by atoms with Gasteiger partial charge in [0.25, 0.3) is 0 Å². The first-order chi connectivity index (χ1) is 11.0. The van der Waals surface area contributed by atoms with Gasteiger partial charge in [-0.15, -0.1) is 0 Å². The molecule has 2 amide bonds. The molecule has 132 valence electrons. The van der Waals surface area contributed by atoms with Crippen LogP contribution in [0.1, 0.15) is 50.8 Å². The van der Waals surface area contributed by atoms with Crippen LogP contribution >= 0.6 is 0 Å². The molecule has 0 saturated heterocycles. The van der Waals surface area contributed by atoms with Crippen molar-refractivity contribution < 1.29 is 14.3 Å². The Morgan fingerprint density at radius 1 is 1.12 bits per heavy atom. The third kappa shape index (κ3) is 6.81. The van der Waals surface area contributed by atoms with Crippen molar-refractivity contribution in [3.63, 3.8) is 0 Å². The van der Waals surface area contributed by atoms with Gasteiger partial charge in [-0.2, -0.15) is 5.10 Å². The van der Waals surface area contributed by atoms with Crippen molar-refractivity contribution in [1.82, 2.24) is 5.43 Å². The van der Waals surface area contributed by atoms with Gasteiger partial charge >= 0.3 is 6.09 Å². The normalized spacial score (nSPS) is 11.9. The highest BCUT2D eigenvalue weighted by Gasteiger charge is 2.16. The van der Waals surface area contributed by atoms with E-state index in [-0.39, 0.29) is 12.3 Å². The largest absolute Gasteiger partial charge is 0.443 e. The van der Waals surface area contributed by atoms with Crippen LogP contribution in [0, 0.1) is 20.8 Å². The molecule has 0 unspecified atom stereocenters. The maximum Gasteiger partial charge on any atom is 0.428 e. The second-order valence-corrected chi connectivity index (χ2v) is 6.96. The Kier molecular flexibility index (Phi) is 6.51. The van der Waals surface area contributed by atoms with E-state index in [1.807, 2.05) is 32.9 Å². The first-order valence-electron chi connectivity index (χ1n) is 7.88. The number of hydrogen-bond acceptors (Lipinski definition) is 4. The van der Waals surface area contributed by atoms with Gasteiger partial charge in [-0.25, -0.2) is 10.2 Å². The molecule has 1 rings (SSSR count). The van der Waals surface area contributed by atoms with Gasteiger partial charge in [0.2, 0.25) is 5.91 Å². The highest BCUT2D eigenvalue weighted by Crippen LogP contribution is 2.22. The van der Waals surface area contributed by atoms with Gasteiger partial charge in [-0.1, -0.05) is 17.7 Å². The molecule has 0 atom stereocenters. The molecule has 0 saturated carbocycles. The van der Waals surface area contributed by atoms with Crippen LogP contribution < -0.4 is 10.7 Å². The molecular formula is C18H27N3O3. The molecule has 1 aromatic carbocycles. The Morgan fingerprint density at radius 3 is 2.17 bits per heavy atom. The van der Waals surface area contributed by atoms with Crippen molar-refractivity contribution in [2.45, 2.75) is 60.5 Å². The number of carbonyl (C=O) groups is 2. The van der Waals surface area contributed by atoms with Crippen LogP contribution in [0.4, 0.5) is 10.5 Å². The molecule has 0 aromatic heterocycles. The van der Waals surface area contributed by atoms with Crippen molar-refractivity contribution in [2.75, 3.05) is 5.32 Å². The fourth-order valence-electron chi connectivity index (χ4n) is 2.27. The minimum atomic E-state index is -0.646. The average molecular weight is 333 g/mol. The molecular weight excluding hydrogens is 306 g/mol. The molecule has 0 aliphatic rings. The summed E-state index contributed by atoms with van der Waals surface area (Å²) in [6.45, 7) is 12.9. The standard InChI is InChI=1S/C18H27N3O3/c1-11-8-12(2)16(13(3)9-11)19-15(22)10-14(4)20-21-17(23)24-18(5,6)7/h8-9H,10H2,1-7H3,(H,19,22)(H,21,23)/b20-14-. The third-order valence-electron chi connectivity index (χ3n) is 3.09. The van der Waals surface area contributed by atoms with Crippen molar-refractivity contribution in [3.8, 4) is 0 Å². The van der Waals surface area contributed by atoms with E-state index < -0.39 is 11.7 Å². The number of anilines is 1. The summed E-state index contributed by atoms with van der Waals surface area (Å²) in [7, 11) is 0. The molecule has 0 aliphatic heterocycles. The van der Waals surface area contributed by atoms with Crippen LogP contribution in [-0.2, 0) is 9.53 Å². The zero-order valence-corrected chi connectivity index (χ0v) is 15.5. The molecule has 1 aromatic rings. The molecule has 0 radical (unpaired) electrons. The first-order valence-corrected chi connectivity index (χ1v) is 7.88. The molecule has 6 heteroatoms. The van der Waals surface area contributed by atoms with E-state index in [9.17, 15) is 9.59 Å². The Labute approximate surface area is 143 Å². The Balaban J connectivity index is 2.62. The summed E-state index contributed by atoms with van der Waals surface area (Å²) in [4.78, 5) is 23.7. The van der Waals surface area contributed by atoms with Crippen molar-refractivity contribution >= 4 is 23.4 Å². The van der Waals surface area contributed by atoms with Gasteiger partial charge in [-0.05, 0) is 59.6 Å². The number of nitrogens with one attached hydrogen (secondary N) is 2. The van der Waals surface area contributed by atoms with Crippen LogP contribution in [0.2, 0.25) is 0 Å². The molecule has 0 aliphatic carbocycles. The number of rotatable bonds is 4. The number of carbonyl (C=O) groups excluding carboxylic acids is 2. The number of benzene rings is 1. The number of nitrogens with zero attached hydrogens (tertiary/aromatic N) is 1. The van der Waals surface area contributed by atoms with E-state index in [0.29, 0.717) is 5.71 Å². The number of hydrazone groups is 1. The number of hydrogen-bond donors (Lipinski definition) is 2. The summed E-state index contributed by atoms with van der Waals surface area (Å²) in [6, 6.07) is 4.04. The third-order valence-corrected chi connectivity index (χ3v) is 3.09. The van der Waals surface area contributed by atoms with Crippen molar-refractivity contribution in [1.29, 1.82) is 0 Å². The first kappa shape index (κ1) is 19.7. The summed E-state index contributed by atoms with van der Waals surface area (Å²) in [5.41, 5.74) is 6.19. The van der Waals surface area contributed by atoms with Gasteiger partial charge in [-0.3, -0.25) is 4.79 Å². The summed E-state index contributed by atoms with van der Waals surface area (Å²) in [5, 5.41) is 6.78. The fraction of sp³-hybridized carbons (Fsp3) is 0.500. The summed E-state index contributed by atoms with van der Waals surface area (Å²) in [5.74, 6) is -0.183. The lowest BCUT2D eigenvalue weighted by atomic mass is 10.0. The fourth-order valence-corrected chi connectivity index (χ4v) is 2.27. The van der Waals surface area contributed by atoms with Crippen molar-refractivity contribution in [2.24, 2.45) is 5.10 Å². The smallest absolute Gasteiger partial charge is 0.428 e. The van der Waals surface area contributed by atoms with Gasteiger partial charge in [0.1, 0.15) is 5.60 Å². The van der Waals surface area contributed by atoms with E-state index in [2.05, 4.69) is 15.8 Å². The predicted octanol–water partition coefficient (Wildman–Crippen LogP) is 3.84. The second-order valence-electron chi connectivity index (χ2n) is 6.96. The van der Waals surface area contributed by atoms with Crippen LogP contribution in [0.25, 0.3) is 0 Å². The second kappa shape index (κ2) is 7.95. The SMILES string of the molecule is C/C(CC(=O)Nc1c(C)cc(C)cc1C)=N/NC(=O)OC(C)(C)C. The van der Waals surface area contributed by atoms with E-state index >= 15 is 0 Å². The van der Waals surface area contributed by atoms with E-state index in [1.165, 1.54) is 0 Å². The monoisotopic (exact) mass is 333 g/mol. The van der Waals surface area contributed by atoms with Crippen LogP contribution in [0.5, 0.6) is 0 Å². The average Bonchev–Trinajstić information content (AvgIpc) is 2.38. The Hall–Kier alpha value is -2.37. The van der Waals surface area contributed by atoms with E-state index in [4.69, 9.17) is 4.74 Å². The van der Waals surface area contributed by atoms with E-state index in [0.717, 1.165) is 22.4 Å². The molecule has 0 spiro atoms. The topological polar surface area (TPSA) is 79.8 Å². The van der Waals surface area contributed by atoms with Crippen LogP contribution in [0.15, 0.2) is 17.2 Å². The quantitative estimate of drug-likeness (QED) is 0.649. The molecule has 0 fully saturated rings. The summed E-state index contributed by atoms with van der Waals surface area (Å²) in [6.07, 6.45) is -0.560. The van der Waals surface area contributed by atoms with Crippen molar-refractivity contribution in [3.05, 3.63) is 28.8 Å². The maximum absolute atomic E-state index is 12.1. The summed E-state index contributed by atoms with van der Waals surface area (Å²) >= 11 is 0. The minimum absolute atomic E-state index is 0.0859. The predicted molar refractivity (Wildman–Crippen MR) is 96.4 cm³/mol. The molecule has 6 nitrogen and oxygen atoms in total. The lowest BCUT2D eigenvalue weighted by Gasteiger charge is -2.18. The Bertz CT molecular complexity index is 635. The van der Waals surface area contributed by atoms with Crippen LogP contribution in [-0.4, -0.2) is 23.3 Å². The van der Waals surface area contributed by atoms with Gasteiger partial charge in [0, 0.05) is 11.4 Å². The highest BCUT2D eigenvalue weighted by atomic mass is 16.6. The molecule has 2 N–H and O–H groups in total. The lowest BCUT2D eigenvalue weighted by molar-refractivity contribution is -0.115. The lowest BCUT2D eigenvalue weighted by Crippen LogP contribution is -2.30. The highest BCUT2D eigenvalue weighted by molar-refractivity contribution is 6.06. The maximum atomic E-state index is 12.1. The summed E-state index contributed by atoms with van der Waals surface area (Å²) < 4.78 is 5.07. The minimum Gasteiger partial charge on any atom is -0.443 e. The van der Waals surface area contributed by atoms with Crippen LogP contribution in [0.3, 0.4) is 0 Å². The molecule has 24 heavy (non-hydrogen) atoms.